The van der Waals surface area contributed by atoms with Gasteiger partial charge in [-0.05, 0) is 30.2 Å². The molecule has 0 fully saturated rings. The Morgan fingerprint density at radius 2 is 1.90 bits per heavy atom. The topological polar surface area (TPSA) is 64.3 Å². The molecule has 0 aliphatic heterocycles. The summed E-state index contributed by atoms with van der Waals surface area (Å²) in [5, 5.41) is 10.8. The highest BCUT2D eigenvalue weighted by atomic mass is 32.1. The van der Waals surface area contributed by atoms with Crippen LogP contribution in [0, 0.1) is 12.7 Å². The van der Waals surface area contributed by atoms with Crippen LogP contribution in [0.4, 0.5) is 4.39 Å². The number of hydrogen-bond donors (Lipinski definition) is 1. The normalized spacial score (nSPS) is 12.2. The van der Waals surface area contributed by atoms with E-state index in [9.17, 15) is 14.3 Å². The second kappa shape index (κ2) is 8.14. The Morgan fingerprint density at radius 3 is 2.66 bits per heavy atom. The number of aromatic nitrogens is 2. The van der Waals surface area contributed by atoms with E-state index in [4.69, 9.17) is 4.74 Å². The van der Waals surface area contributed by atoms with Crippen LogP contribution < -0.4 is 10.3 Å². The van der Waals surface area contributed by atoms with Gasteiger partial charge in [-0.2, -0.15) is 0 Å². The lowest BCUT2D eigenvalue weighted by Crippen LogP contribution is -2.30. The van der Waals surface area contributed by atoms with Gasteiger partial charge in [-0.25, -0.2) is 9.37 Å². The van der Waals surface area contributed by atoms with Crippen molar-refractivity contribution in [1.29, 1.82) is 0 Å². The first-order valence-electron chi connectivity index (χ1n) is 9.14. The fourth-order valence-electron chi connectivity index (χ4n) is 3.18. The van der Waals surface area contributed by atoms with E-state index in [-0.39, 0.29) is 24.5 Å². The van der Waals surface area contributed by atoms with Gasteiger partial charge in [0.1, 0.15) is 17.5 Å². The van der Waals surface area contributed by atoms with Gasteiger partial charge in [-0.1, -0.05) is 42.5 Å². The third-order valence-electron chi connectivity index (χ3n) is 4.63. The zero-order chi connectivity index (χ0) is 20.4. The van der Waals surface area contributed by atoms with Gasteiger partial charge < -0.3 is 9.84 Å². The Balaban J connectivity index is 1.57. The first-order chi connectivity index (χ1) is 14.0. The lowest BCUT2D eigenvalue weighted by atomic mass is 10.1. The van der Waals surface area contributed by atoms with Crippen LogP contribution in [-0.4, -0.2) is 27.4 Å². The molecule has 2 heterocycles. The SMILES string of the molecule is Cc1c(-c2ccccc2)sc2ncn(CC(O)COc3ccccc3F)c(=O)c12. The molecule has 0 aliphatic carbocycles. The van der Waals surface area contributed by atoms with Gasteiger partial charge in [-0.15, -0.1) is 11.3 Å². The maximum atomic E-state index is 13.6. The van der Waals surface area contributed by atoms with E-state index >= 15 is 0 Å². The van der Waals surface area contributed by atoms with E-state index in [0.717, 1.165) is 16.0 Å². The molecular weight excluding hydrogens is 391 g/mol. The molecule has 0 radical (unpaired) electrons. The van der Waals surface area contributed by atoms with Crippen LogP contribution in [0.1, 0.15) is 5.56 Å². The highest BCUT2D eigenvalue weighted by Gasteiger charge is 2.17. The van der Waals surface area contributed by atoms with Gasteiger partial charge in [0, 0.05) is 4.88 Å². The molecule has 4 rings (SSSR count). The molecule has 0 aliphatic rings. The lowest BCUT2D eigenvalue weighted by Gasteiger charge is -2.14. The number of aliphatic hydroxyl groups excluding tert-OH is 1. The number of aliphatic hydroxyl groups is 1. The van der Waals surface area contributed by atoms with Crippen LogP contribution in [0.25, 0.3) is 20.7 Å². The maximum absolute atomic E-state index is 13.6. The van der Waals surface area contributed by atoms with Gasteiger partial charge in [0.15, 0.2) is 11.6 Å². The van der Waals surface area contributed by atoms with Gasteiger partial charge in [-0.3, -0.25) is 9.36 Å². The van der Waals surface area contributed by atoms with Crippen molar-refractivity contribution in [2.75, 3.05) is 6.61 Å². The Bertz CT molecular complexity index is 1200. The number of halogens is 1. The van der Waals surface area contributed by atoms with Crippen molar-refractivity contribution in [2.45, 2.75) is 19.6 Å². The second-order valence-corrected chi connectivity index (χ2v) is 7.70. The van der Waals surface area contributed by atoms with Crippen LogP contribution in [0.3, 0.4) is 0 Å². The molecule has 0 spiro atoms. The Kier molecular flexibility index (Phi) is 5.42. The first-order valence-corrected chi connectivity index (χ1v) is 9.95. The summed E-state index contributed by atoms with van der Waals surface area (Å²) in [4.78, 5) is 19.1. The number of hydrogen-bond acceptors (Lipinski definition) is 5. The molecule has 1 N–H and O–H groups in total. The highest BCUT2D eigenvalue weighted by Crippen LogP contribution is 2.35. The summed E-state index contributed by atoms with van der Waals surface area (Å²) in [5.74, 6) is -0.434. The van der Waals surface area contributed by atoms with Crippen LogP contribution in [-0.2, 0) is 6.54 Å². The quantitative estimate of drug-likeness (QED) is 0.522. The fourth-order valence-corrected chi connectivity index (χ4v) is 4.33. The number of benzene rings is 2. The van der Waals surface area contributed by atoms with Crippen molar-refractivity contribution in [3.8, 4) is 16.2 Å². The molecule has 5 nitrogen and oxygen atoms in total. The second-order valence-electron chi connectivity index (χ2n) is 6.70. The summed E-state index contributed by atoms with van der Waals surface area (Å²) in [6.07, 6.45) is 0.445. The number of rotatable bonds is 6. The summed E-state index contributed by atoms with van der Waals surface area (Å²) in [7, 11) is 0. The molecule has 148 valence electrons. The van der Waals surface area contributed by atoms with Crippen molar-refractivity contribution < 1.29 is 14.2 Å². The molecule has 0 amide bonds. The lowest BCUT2D eigenvalue weighted by molar-refractivity contribution is 0.0895. The van der Waals surface area contributed by atoms with Crippen molar-refractivity contribution in [3.63, 3.8) is 0 Å². The van der Waals surface area contributed by atoms with Gasteiger partial charge in [0.2, 0.25) is 0 Å². The molecular formula is C22H19FN2O3S. The largest absolute Gasteiger partial charge is 0.488 e. The molecule has 0 saturated heterocycles. The van der Waals surface area contributed by atoms with Gasteiger partial charge in [0.25, 0.3) is 5.56 Å². The fraction of sp³-hybridized carbons (Fsp3) is 0.182. The van der Waals surface area contributed by atoms with Crippen LogP contribution in [0.15, 0.2) is 65.7 Å². The minimum atomic E-state index is -0.987. The summed E-state index contributed by atoms with van der Waals surface area (Å²) in [6, 6.07) is 15.8. The number of ether oxygens (including phenoxy) is 1. The molecule has 7 heteroatoms. The monoisotopic (exact) mass is 410 g/mol. The summed E-state index contributed by atoms with van der Waals surface area (Å²) in [5.41, 5.74) is 1.70. The van der Waals surface area contributed by atoms with E-state index in [1.54, 1.807) is 12.1 Å². The highest BCUT2D eigenvalue weighted by molar-refractivity contribution is 7.22. The van der Waals surface area contributed by atoms with Crippen molar-refractivity contribution in [2.24, 2.45) is 0 Å². The smallest absolute Gasteiger partial charge is 0.262 e. The van der Waals surface area contributed by atoms with E-state index < -0.39 is 11.9 Å². The van der Waals surface area contributed by atoms with E-state index in [1.165, 1.54) is 34.4 Å². The molecule has 0 saturated carbocycles. The number of para-hydroxylation sites is 1. The van der Waals surface area contributed by atoms with E-state index in [2.05, 4.69) is 4.98 Å². The van der Waals surface area contributed by atoms with Crippen LogP contribution in [0.2, 0.25) is 0 Å². The number of nitrogens with zero attached hydrogens (tertiary/aromatic N) is 2. The van der Waals surface area contributed by atoms with Gasteiger partial charge in [0.05, 0.1) is 18.3 Å². The Labute approximate surface area is 170 Å². The number of fused-ring (bicyclic) bond motifs is 1. The van der Waals surface area contributed by atoms with Crippen molar-refractivity contribution in [3.05, 3.63) is 82.7 Å². The molecule has 29 heavy (non-hydrogen) atoms. The van der Waals surface area contributed by atoms with E-state index in [1.807, 2.05) is 37.3 Å². The third-order valence-corrected chi connectivity index (χ3v) is 5.88. The first kappa shape index (κ1) is 19.3. The maximum Gasteiger partial charge on any atom is 0.262 e. The average molecular weight is 410 g/mol. The molecule has 1 atom stereocenters. The molecule has 4 aromatic rings. The number of thiophene rings is 1. The summed E-state index contributed by atoms with van der Waals surface area (Å²) < 4.78 is 20.3. The van der Waals surface area contributed by atoms with E-state index in [0.29, 0.717) is 10.2 Å². The summed E-state index contributed by atoms with van der Waals surface area (Å²) >= 11 is 1.47. The van der Waals surface area contributed by atoms with Gasteiger partial charge >= 0.3 is 0 Å². The third kappa shape index (κ3) is 3.92. The number of aryl methyl sites for hydroxylation is 1. The molecule has 2 aromatic carbocycles. The van der Waals surface area contributed by atoms with Crippen LogP contribution >= 0.6 is 11.3 Å². The Morgan fingerprint density at radius 1 is 1.17 bits per heavy atom. The minimum Gasteiger partial charge on any atom is -0.488 e. The Hall–Kier alpha value is -3.03. The standard InChI is InChI=1S/C22H19FN2O3S/c1-14-19-21(29-20(14)15-7-3-2-4-8-15)24-13-25(22(19)27)11-16(26)12-28-18-10-6-5-9-17(18)23/h2-10,13,16,26H,11-12H2,1H3. The average Bonchev–Trinajstić information content (AvgIpc) is 3.07. The van der Waals surface area contributed by atoms with Crippen LogP contribution in [0.5, 0.6) is 5.75 Å². The predicted octanol–water partition coefficient (Wildman–Crippen LogP) is 4.01. The van der Waals surface area contributed by atoms with Crippen molar-refractivity contribution in [1.82, 2.24) is 9.55 Å². The molecule has 1 unspecified atom stereocenters. The van der Waals surface area contributed by atoms with Crippen molar-refractivity contribution >= 4 is 21.6 Å². The zero-order valence-corrected chi connectivity index (χ0v) is 16.5. The molecule has 2 aromatic heterocycles. The predicted molar refractivity (Wildman–Crippen MR) is 112 cm³/mol. The molecule has 0 bridgehead atoms. The minimum absolute atomic E-state index is 0.00613. The zero-order valence-electron chi connectivity index (χ0n) is 15.7. The summed E-state index contributed by atoms with van der Waals surface area (Å²) in [6.45, 7) is 1.78.